The lowest BCUT2D eigenvalue weighted by atomic mass is 10.1. The third kappa shape index (κ3) is 3.18. The van der Waals surface area contributed by atoms with Crippen LogP contribution in [0.3, 0.4) is 0 Å². The van der Waals surface area contributed by atoms with Gasteiger partial charge in [0.05, 0.1) is 0 Å². The summed E-state index contributed by atoms with van der Waals surface area (Å²) in [5, 5.41) is 3.39. The van der Waals surface area contributed by atoms with Gasteiger partial charge < -0.3 is 5.32 Å². The van der Waals surface area contributed by atoms with E-state index in [1.807, 2.05) is 37.3 Å². The molecule has 0 fully saturated rings. The van der Waals surface area contributed by atoms with Crippen molar-refractivity contribution in [3.63, 3.8) is 0 Å². The summed E-state index contributed by atoms with van der Waals surface area (Å²) in [4.78, 5) is 2.67. The first-order valence-corrected chi connectivity index (χ1v) is 6.89. The average Bonchev–Trinajstić information content (AvgIpc) is 2.72. The molecule has 1 nitrogen and oxygen atoms in total. The van der Waals surface area contributed by atoms with E-state index < -0.39 is 0 Å². The van der Waals surface area contributed by atoms with Gasteiger partial charge in [-0.3, -0.25) is 0 Å². The van der Waals surface area contributed by atoms with Crippen LogP contribution in [0.2, 0.25) is 0 Å². The first-order valence-electron chi connectivity index (χ1n) is 6.08. The molecule has 0 radical (unpaired) electrons. The number of hydrogen-bond acceptors (Lipinski definition) is 2. The minimum Gasteiger partial charge on any atom is -0.308 e. The maximum absolute atomic E-state index is 13.5. The minimum absolute atomic E-state index is 0.0902. The van der Waals surface area contributed by atoms with Crippen molar-refractivity contribution in [1.29, 1.82) is 0 Å². The highest BCUT2D eigenvalue weighted by molar-refractivity contribution is 7.11. The summed E-state index contributed by atoms with van der Waals surface area (Å²) in [5.74, 6) is -0.0902. The van der Waals surface area contributed by atoms with E-state index in [-0.39, 0.29) is 5.82 Å². The van der Waals surface area contributed by atoms with E-state index in [4.69, 9.17) is 0 Å². The Balaban J connectivity index is 1.94. The Labute approximate surface area is 112 Å². The predicted octanol–water partition coefficient (Wildman–Crippen LogP) is 4.10. The molecule has 1 aromatic heterocycles. The van der Waals surface area contributed by atoms with Gasteiger partial charge in [0, 0.05) is 22.8 Å². The second-order valence-corrected chi connectivity index (χ2v) is 6.03. The summed E-state index contributed by atoms with van der Waals surface area (Å²) in [7, 11) is 0. The van der Waals surface area contributed by atoms with Gasteiger partial charge in [0.1, 0.15) is 5.82 Å². The molecule has 0 amide bonds. The highest BCUT2D eigenvalue weighted by atomic mass is 32.1. The molecule has 1 aromatic carbocycles. The van der Waals surface area contributed by atoms with Crippen LogP contribution >= 0.6 is 11.3 Å². The van der Waals surface area contributed by atoms with E-state index in [1.165, 1.54) is 9.75 Å². The summed E-state index contributed by atoms with van der Waals surface area (Å²) in [6, 6.07) is 8.10. The van der Waals surface area contributed by atoms with Crippen LogP contribution in [0.5, 0.6) is 0 Å². The lowest BCUT2D eigenvalue weighted by molar-refractivity contribution is 0.606. The van der Waals surface area contributed by atoms with E-state index >= 15 is 0 Å². The van der Waals surface area contributed by atoms with Crippen molar-refractivity contribution in [2.45, 2.75) is 33.9 Å². The van der Waals surface area contributed by atoms with Crippen LogP contribution in [0.1, 0.15) is 26.4 Å². The normalized spacial score (nSPS) is 10.9. The van der Waals surface area contributed by atoms with Gasteiger partial charge in [0.15, 0.2) is 0 Å². The fourth-order valence-electron chi connectivity index (χ4n) is 2.05. The molecule has 0 spiro atoms. The maximum atomic E-state index is 13.5. The molecule has 96 valence electrons. The number of hydrogen-bond donors (Lipinski definition) is 1. The van der Waals surface area contributed by atoms with Crippen molar-refractivity contribution in [3.05, 3.63) is 56.5 Å². The average molecular weight is 263 g/mol. The Bertz CT molecular complexity index is 522. The third-order valence-corrected chi connectivity index (χ3v) is 3.92. The van der Waals surface area contributed by atoms with E-state index in [0.29, 0.717) is 0 Å². The van der Waals surface area contributed by atoms with Crippen molar-refractivity contribution >= 4 is 11.3 Å². The Morgan fingerprint density at radius 2 is 1.72 bits per heavy atom. The van der Waals surface area contributed by atoms with Gasteiger partial charge in [-0.05, 0) is 49.6 Å². The molecule has 2 rings (SSSR count). The molecule has 0 bridgehead atoms. The number of thiophene rings is 1. The van der Waals surface area contributed by atoms with Gasteiger partial charge in [-0.1, -0.05) is 12.1 Å². The van der Waals surface area contributed by atoms with Crippen molar-refractivity contribution in [2.24, 2.45) is 0 Å². The molecule has 0 aliphatic carbocycles. The molecule has 2 aromatic rings. The van der Waals surface area contributed by atoms with Crippen LogP contribution in [0.4, 0.5) is 4.39 Å². The van der Waals surface area contributed by atoms with Gasteiger partial charge in [-0.2, -0.15) is 0 Å². The molecular formula is C15H18FNS. The zero-order valence-electron chi connectivity index (χ0n) is 11.0. The molecule has 0 unspecified atom stereocenters. The zero-order chi connectivity index (χ0) is 13.1. The van der Waals surface area contributed by atoms with Crippen molar-refractivity contribution < 1.29 is 4.39 Å². The molecule has 18 heavy (non-hydrogen) atoms. The third-order valence-electron chi connectivity index (χ3n) is 2.92. The number of nitrogens with one attached hydrogen (secondary N) is 1. The SMILES string of the molecule is Cc1ccc(CNCc2cc(C)c(F)c(C)c2)s1. The molecular weight excluding hydrogens is 245 g/mol. The molecule has 0 aliphatic rings. The van der Waals surface area contributed by atoms with Crippen molar-refractivity contribution in [3.8, 4) is 0 Å². The van der Waals surface area contributed by atoms with Gasteiger partial charge in [-0.15, -0.1) is 11.3 Å². The van der Waals surface area contributed by atoms with Crippen LogP contribution in [-0.2, 0) is 13.1 Å². The van der Waals surface area contributed by atoms with E-state index in [2.05, 4.69) is 24.4 Å². The Hall–Kier alpha value is -1.19. The lowest BCUT2D eigenvalue weighted by Gasteiger charge is -2.07. The minimum atomic E-state index is -0.0902. The highest BCUT2D eigenvalue weighted by Crippen LogP contribution is 2.16. The number of rotatable bonds is 4. The van der Waals surface area contributed by atoms with Crippen LogP contribution < -0.4 is 5.32 Å². The van der Waals surface area contributed by atoms with E-state index in [1.54, 1.807) is 0 Å². The standard InChI is InChI=1S/C15H18FNS/c1-10-6-13(7-11(2)15(10)16)8-17-9-14-5-4-12(3)18-14/h4-7,17H,8-9H2,1-3H3. The monoisotopic (exact) mass is 263 g/mol. The predicted molar refractivity (Wildman–Crippen MR) is 75.5 cm³/mol. The Morgan fingerprint density at radius 3 is 2.28 bits per heavy atom. The van der Waals surface area contributed by atoms with Crippen LogP contribution in [-0.4, -0.2) is 0 Å². The summed E-state index contributed by atoms with van der Waals surface area (Å²) < 4.78 is 13.5. The van der Waals surface area contributed by atoms with Crippen LogP contribution in [0.25, 0.3) is 0 Å². The molecule has 0 atom stereocenters. The van der Waals surface area contributed by atoms with Crippen molar-refractivity contribution in [2.75, 3.05) is 0 Å². The summed E-state index contributed by atoms with van der Waals surface area (Å²) in [5.41, 5.74) is 2.58. The van der Waals surface area contributed by atoms with Gasteiger partial charge in [-0.25, -0.2) is 4.39 Å². The zero-order valence-corrected chi connectivity index (χ0v) is 11.8. The van der Waals surface area contributed by atoms with Crippen molar-refractivity contribution in [1.82, 2.24) is 5.32 Å². The number of halogens is 1. The van der Waals surface area contributed by atoms with Crippen LogP contribution in [0.15, 0.2) is 24.3 Å². The number of benzene rings is 1. The first-order chi connectivity index (χ1) is 8.56. The Kier molecular flexibility index (Phi) is 4.15. The van der Waals surface area contributed by atoms with E-state index in [9.17, 15) is 4.39 Å². The molecule has 3 heteroatoms. The fraction of sp³-hybridized carbons (Fsp3) is 0.333. The summed E-state index contributed by atoms with van der Waals surface area (Å²) in [6.45, 7) is 7.39. The smallest absolute Gasteiger partial charge is 0.129 e. The first kappa shape index (κ1) is 13.2. The maximum Gasteiger partial charge on any atom is 0.129 e. The van der Waals surface area contributed by atoms with E-state index in [0.717, 1.165) is 29.8 Å². The second kappa shape index (κ2) is 5.63. The highest BCUT2D eigenvalue weighted by Gasteiger charge is 2.04. The molecule has 0 saturated carbocycles. The molecule has 0 aliphatic heterocycles. The molecule has 1 heterocycles. The van der Waals surface area contributed by atoms with Gasteiger partial charge >= 0.3 is 0 Å². The van der Waals surface area contributed by atoms with Crippen LogP contribution in [0, 0.1) is 26.6 Å². The lowest BCUT2D eigenvalue weighted by Crippen LogP contribution is -2.12. The largest absolute Gasteiger partial charge is 0.308 e. The summed E-state index contributed by atoms with van der Waals surface area (Å²) >= 11 is 1.81. The Morgan fingerprint density at radius 1 is 1.06 bits per heavy atom. The summed E-state index contributed by atoms with van der Waals surface area (Å²) in [6.07, 6.45) is 0. The topological polar surface area (TPSA) is 12.0 Å². The second-order valence-electron chi connectivity index (χ2n) is 4.66. The fourth-order valence-corrected chi connectivity index (χ4v) is 2.91. The quantitative estimate of drug-likeness (QED) is 0.875. The molecule has 1 N–H and O–H groups in total. The number of aryl methyl sites for hydroxylation is 3. The van der Waals surface area contributed by atoms with Gasteiger partial charge in [0.2, 0.25) is 0 Å². The van der Waals surface area contributed by atoms with Gasteiger partial charge in [0.25, 0.3) is 0 Å². The molecule has 0 saturated heterocycles.